The molecule has 1 aliphatic rings. The SMILES string of the molecule is Cc1ccc(NC(=O)N2CCN(c3ccc(NC(=O)CN(Cc4ccccc4)C(=O)c4cccc(F)c4)cc3)CC2)cc1. The Balaban J connectivity index is 1.16. The minimum Gasteiger partial charge on any atom is -0.368 e. The van der Waals surface area contributed by atoms with Crippen molar-refractivity contribution >= 4 is 34.9 Å². The first kappa shape index (κ1) is 29.3. The largest absolute Gasteiger partial charge is 0.368 e. The molecule has 0 spiro atoms. The molecule has 0 atom stereocenters. The van der Waals surface area contributed by atoms with E-state index in [-0.39, 0.29) is 30.6 Å². The molecule has 1 heterocycles. The Morgan fingerprint density at radius 1 is 0.767 bits per heavy atom. The molecule has 8 nitrogen and oxygen atoms in total. The molecule has 0 aromatic heterocycles. The predicted molar refractivity (Wildman–Crippen MR) is 167 cm³/mol. The molecule has 4 aromatic carbocycles. The van der Waals surface area contributed by atoms with Gasteiger partial charge in [-0.1, -0.05) is 54.1 Å². The summed E-state index contributed by atoms with van der Waals surface area (Å²) in [5, 5.41) is 5.82. The number of benzene rings is 4. The van der Waals surface area contributed by atoms with E-state index in [1.165, 1.54) is 29.2 Å². The summed E-state index contributed by atoms with van der Waals surface area (Å²) in [4.78, 5) is 44.3. The van der Waals surface area contributed by atoms with Crippen LogP contribution < -0.4 is 15.5 Å². The van der Waals surface area contributed by atoms with Gasteiger partial charge in [-0.3, -0.25) is 9.59 Å². The maximum absolute atomic E-state index is 13.8. The van der Waals surface area contributed by atoms with E-state index in [0.29, 0.717) is 31.9 Å². The lowest BCUT2D eigenvalue weighted by Crippen LogP contribution is -2.50. The second kappa shape index (κ2) is 13.7. The van der Waals surface area contributed by atoms with Crippen molar-refractivity contribution in [1.82, 2.24) is 9.80 Å². The number of nitrogens with zero attached hydrogens (tertiary/aromatic N) is 3. The van der Waals surface area contributed by atoms with Gasteiger partial charge in [0.05, 0.1) is 0 Å². The van der Waals surface area contributed by atoms with E-state index < -0.39 is 11.7 Å². The summed E-state index contributed by atoms with van der Waals surface area (Å²) >= 11 is 0. The van der Waals surface area contributed by atoms with Crippen molar-refractivity contribution < 1.29 is 18.8 Å². The first-order chi connectivity index (χ1) is 20.8. The third-order valence-electron chi connectivity index (χ3n) is 7.30. The summed E-state index contributed by atoms with van der Waals surface area (Å²) < 4.78 is 13.8. The van der Waals surface area contributed by atoms with Gasteiger partial charge in [-0.25, -0.2) is 9.18 Å². The maximum Gasteiger partial charge on any atom is 0.321 e. The minimum atomic E-state index is -0.512. The first-order valence-corrected chi connectivity index (χ1v) is 14.2. The summed E-state index contributed by atoms with van der Waals surface area (Å²) in [7, 11) is 0. The lowest BCUT2D eigenvalue weighted by molar-refractivity contribution is -0.117. The molecule has 220 valence electrons. The molecule has 5 rings (SSSR count). The highest BCUT2D eigenvalue weighted by atomic mass is 19.1. The number of piperazine rings is 1. The zero-order valence-corrected chi connectivity index (χ0v) is 24.0. The number of amides is 4. The molecule has 0 unspecified atom stereocenters. The van der Waals surface area contributed by atoms with Crippen LogP contribution in [0.4, 0.5) is 26.2 Å². The number of rotatable bonds is 8. The molecule has 0 aliphatic carbocycles. The number of halogens is 1. The molecule has 4 aromatic rings. The Labute approximate surface area is 250 Å². The fourth-order valence-electron chi connectivity index (χ4n) is 4.94. The van der Waals surface area contributed by atoms with Gasteiger partial charge < -0.3 is 25.3 Å². The lowest BCUT2D eigenvalue weighted by atomic mass is 10.1. The van der Waals surface area contributed by atoms with Crippen LogP contribution in [0.3, 0.4) is 0 Å². The van der Waals surface area contributed by atoms with Gasteiger partial charge in [-0.2, -0.15) is 0 Å². The maximum atomic E-state index is 13.8. The summed E-state index contributed by atoms with van der Waals surface area (Å²) in [6.45, 7) is 4.56. The van der Waals surface area contributed by atoms with Gasteiger partial charge >= 0.3 is 6.03 Å². The second-order valence-electron chi connectivity index (χ2n) is 10.5. The Morgan fingerprint density at radius 2 is 1.42 bits per heavy atom. The van der Waals surface area contributed by atoms with Crippen LogP contribution in [0, 0.1) is 12.7 Å². The standard InChI is InChI=1S/C34H34FN5O3/c1-25-10-12-30(13-11-25)37-34(43)39-20-18-38(19-21-39)31-16-14-29(15-17-31)36-32(41)24-40(23-26-6-3-2-4-7-26)33(42)27-8-5-9-28(35)22-27/h2-17,22H,18-21,23-24H2,1H3,(H,36,41)(H,37,43). The highest BCUT2D eigenvalue weighted by Gasteiger charge is 2.22. The number of nitrogens with one attached hydrogen (secondary N) is 2. The van der Waals surface area contributed by atoms with E-state index in [4.69, 9.17) is 0 Å². The second-order valence-corrected chi connectivity index (χ2v) is 10.5. The summed E-state index contributed by atoms with van der Waals surface area (Å²) in [5.74, 6) is -1.30. The quantitative estimate of drug-likeness (QED) is 0.278. The average Bonchev–Trinajstić information content (AvgIpc) is 3.02. The fraction of sp³-hybridized carbons (Fsp3) is 0.206. The molecule has 9 heteroatoms. The van der Waals surface area contributed by atoms with Crippen LogP contribution in [0.2, 0.25) is 0 Å². The van der Waals surface area contributed by atoms with E-state index in [9.17, 15) is 18.8 Å². The first-order valence-electron chi connectivity index (χ1n) is 14.2. The predicted octanol–water partition coefficient (Wildman–Crippen LogP) is 5.77. The van der Waals surface area contributed by atoms with Crippen LogP contribution in [0.25, 0.3) is 0 Å². The number of carbonyl (C=O) groups is 3. The van der Waals surface area contributed by atoms with E-state index in [1.54, 1.807) is 4.90 Å². The molecule has 4 amide bonds. The van der Waals surface area contributed by atoms with Crippen molar-refractivity contribution in [3.63, 3.8) is 0 Å². The number of anilines is 3. The van der Waals surface area contributed by atoms with Gasteiger partial charge in [0.2, 0.25) is 5.91 Å². The third kappa shape index (κ3) is 7.97. The van der Waals surface area contributed by atoms with Gasteiger partial charge in [0.25, 0.3) is 5.91 Å². The third-order valence-corrected chi connectivity index (χ3v) is 7.30. The van der Waals surface area contributed by atoms with Crippen LogP contribution in [-0.4, -0.2) is 60.4 Å². The zero-order valence-electron chi connectivity index (χ0n) is 24.0. The van der Waals surface area contributed by atoms with Crippen LogP contribution in [0.5, 0.6) is 0 Å². The zero-order chi connectivity index (χ0) is 30.2. The molecule has 1 saturated heterocycles. The van der Waals surface area contributed by atoms with Crippen molar-refractivity contribution in [1.29, 1.82) is 0 Å². The summed E-state index contributed by atoms with van der Waals surface area (Å²) in [6, 6.07) is 29.9. The van der Waals surface area contributed by atoms with Crippen LogP contribution in [-0.2, 0) is 11.3 Å². The van der Waals surface area contributed by atoms with Crippen molar-refractivity contribution in [2.24, 2.45) is 0 Å². The number of hydrogen-bond acceptors (Lipinski definition) is 4. The molecule has 43 heavy (non-hydrogen) atoms. The van der Waals surface area contributed by atoms with Crippen LogP contribution in [0.1, 0.15) is 21.5 Å². The number of carbonyl (C=O) groups excluding carboxylic acids is 3. The fourth-order valence-corrected chi connectivity index (χ4v) is 4.94. The molecule has 2 N–H and O–H groups in total. The summed E-state index contributed by atoms with van der Waals surface area (Å²) in [6.07, 6.45) is 0. The minimum absolute atomic E-state index is 0.112. The number of aryl methyl sites for hydroxylation is 1. The van der Waals surface area contributed by atoms with Crippen molar-refractivity contribution in [3.05, 3.63) is 126 Å². The monoisotopic (exact) mass is 579 g/mol. The Hall–Kier alpha value is -5.18. The van der Waals surface area contributed by atoms with E-state index >= 15 is 0 Å². The lowest BCUT2D eigenvalue weighted by Gasteiger charge is -2.36. The van der Waals surface area contributed by atoms with Crippen molar-refractivity contribution in [3.8, 4) is 0 Å². The Bertz CT molecular complexity index is 1550. The smallest absolute Gasteiger partial charge is 0.321 e. The van der Waals surface area contributed by atoms with Crippen LogP contribution in [0.15, 0.2) is 103 Å². The highest BCUT2D eigenvalue weighted by Crippen LogP contribution is 2.21. The highest BCUT2D eigenvalue weighted by molar-refractivity contribution is 5.99. The van der Waals surface area contributed by atoms with Gasteiger partial charge in [0.15, 0.2) is 0 Å². The van der Waals surface area contributed by atoms with Gasteiger partial charge in [0.1, 0.15) is 12.4 Å². The molecule has 1 fully saturated rings. The van der Waals surface area contributed by atoms with Crippen LogP contribution >= 0.6 is 0 Å². The number of hydrogen-bond donors (Lipinski definition) is 2. The molecular formula is C34H34FN5O3. The Kier molecular flexibility index (Phi) is 9.31. The van der Waals surface area contributed by atoms with Gasteiger partial charge in [0, 0.05) is 55.3 Å². The molecular weight excluding hydrogens is 545 g/mol. The normalized spacial score (nSPS) is 12.9. The van der Waals surface area contributed by atoms with Crippen molar-refractivity contribution in [2.75, 3.05) is 48.3 Å². The number of urea groups is 1. The average molecular weight is 580 g/mol. The van der Waals surface area contributed by atoms with E-state index in [1.807, 2.05) is 85.8 Å². The van der Waals surface area contributed by atoms with Gasteiger partial charge in [-0.05, 0) is 67.1 Å². The van der Waals surface area contributed by atoms with Gasteiger partial charge in [-0.15, -0.1) is 0 Å². The molecule has 0 radical (unpaired) electrons. The summed E-state index contributed by atoms with van der Waals surface area (Å²) in [5.41, 5.74) is 4.54. The molecule has 0 bridgehead atoms. The van der Waals surface area contributed by atoms with Crippen molar-refractivity contribution in [2.45, 2.75) is 13.5 Å². The molecule has 1 aliphatic heterocycles. The van der Waals surface area contributed by atoms with E-state index in [2.05, 4.69) is 15.5 Å². The topological polar surface area (TPSA) is 85.0 Å². The molecule has 0 saturated carbocycles. The Morgan fingerprint density at radius 3 is 2.09 bits per heavy atom. The van der Waals surface area contributed by atoms with E-state index in [0.717, 1.165) is 22.5 Å².